The second-order valence-electron chi connectivity index (χ2n) is 8.54. The summed E-state index contributed by atoms with van der Waals surface area (Å²) < 4.78 is 13.2. The van der Waals surface area contributed by atoms with Gasteiger partial charge in [-0.1, -0.05) is 18.2 Å². The zero-order valence-electron chi connectivity index (χ0n) is 18.4. The molecular formula is C25H31FN4O. The molecule has 31 heavy (non-hydrogen) atoms. The van der Waals surface area contributed by atoms with Crippen molar-refractivity contribution in [2.45, 2.75) is 12.8 Å². The highest BCUT2D eigenvalue weighted by atomic mass is 19.1. The lowest BCUT2D eigenvalue weighted by Crippen LogP contribution is -2.54. The van der Waals surface area contributed by atoms with Gasteiger partial charge in [-0.3, -0.25) is 4.90 Å². The van der Waals surface area contributed by atoms with Crippen LogP contribution in [0.1, 0.15) is 17.5 Å². The van der Waals surface area contributed by atoms with Crippen LogP contribution in [0.15, 0.2) is 48.5 Å². The maximum absolute atomic E-state index is 13.3. The van der Waals surface area contributed by atoms with Gasteiger partial charge in [-0.15, -0.1) is 0 Å². The van der Waals surface area contributed by atoms with E-state index in [4.69, 9.17) is 0 Å². The normalized spacial score (nSPS) is 16.8. The minimum Gasteiger partial charge on any atom is -0.368 e. The number of urea groups is 1. The van der Waals surface area contributed by atoms with E-state index < -0.39 is 0 Å². The number of halogens is 1. The highest BCUT2D eigenvalue weighted by Crippen LogP contribution is 2.30. The van der Waals surface area contributed by atoms with Gasteiger partial charge in [-0.25, -0.2) is 9.18 Å². The van der Waals surface area contributed by atoms with Crippen molar-refractivity contribution in [1.29, 1.82) is 0 Å². The van der Waals surface area contributed by atoms with Crippen LogP contribution in [0.5, 0.6) is 0 Å². The van der Waals surface area contributed by atoms with Gasteiger partial charge in [0.25, 0.3) is 0 Å². The highest BCUT2D eigenvalue weighted by Gasteiger charge is 2.29. The van der Waals surface area contributed by atoms with E-state index in [-0.39, 0.29) is 11.8 Å². The first-order valence-electron chi connectivity index (χ1n) is 11.0. The molecular weight excluding hydrogens is 391 g/mol. The SMILES string of the molecule is CN(C)C/C=C/c1ccc2c(c1)CCCN2C(=O)N1CCN(c2ccc(F)cc2)CC1. The van der Waals surface area contributed by atoms with E-state index in [0.29, 0.717) is 13.1 Å². The molecule has 164 valence electrons. The van der Waals surface area contributed by atoms with E-state index in [0.717, 1.165) is 50.4 Å². The molecule has 2 amide bonds. The van der Waals surface area contributed by atoms with Crippen molar-refractivity contribution < 1.29 is 9.18 Å². The summed E-state index contributed by atoms with van der Waals surface area (Å²) in [6, 6.07) is 13.1. The Morgan fingerprint density at radius 3 is 2.48 bits per heavy atom. The molecule has 2 aliphatic rings. The van der Waals surface area contributed by atoms with Crippen molar-refractivity contribution in [2.24, 2.45) is 0 Å². The quantitative estimate of drug-likeness (QED) is 0.743. The van der Waals surface area contributed by atoms with Gasteiger partial charge in [0.15, 0.2) is 0 Å². The Hall–Kier alpha value is -2.86. The van der Waals surface area contributed by atoms with Gasteiger partial charge in [0.1, 0.15) is 5.82 Å². The van der Waals surface area contributed by atoms with Gasteiger partial charge in [0.05, 0.1) is 0 Å². The molecule has 0 bridgehead atoms. The van der Waals surface area contributed by atoms with Crippen molar-refractivity contribution in [1.82, 2.24) is 9.80 Å². The number of benzene rings is 2. The minimum atomic E-state index is -0.224. The molecule has 1 fully saturated rings. The number of nitrogens with zero attached hydrogens (tertiary/aromatic N) is 4. The molecule has 2 aromatic rings. The van der Waals surface area contributed by atoms with E-state index in [1.807, 2.05) is 9.80 Å². The first kappa shape index (κ1) is 21.4. The van der Waals surface area contributed by atoms with Gasteiger partial charge in [0.2, 0.25) is 0 Å². The summed E-state index contributed by atoms with van der Waals surface area (Å²) in [7, 11) is 4.11. The number of carbonyl (C=O) groups is 1. The summed E-state index contributed by atoms with van der Waals surface area (Å²) >= 11 is 0. The number of rotatable bonds is 4. The number of carbonyl (C=O) groups excluding carboxylic acids is 1. The van der Waals surface area contributed by atoms with Crippen LogP contribution in [0.25, 0.3) is 6.08 Å². The lowest BCUT2D eigenvalue weighted by atomic mass is 9.99. The molecule has 6 heteroatoms. The Bertz CT molecular complexity index is 933. The standard InChI is InChI=1S/C25H31FN4O/c1-27(2)13-3-5-20-7-12-24-21(19-20)6-4-14-30(24)25(31)29-17-15-28(16-18-29)23-10-8-22(26)9-11-23/h3,5,7-12,19H,4,6,13-18H2,1-2H3/b5-3+. The Balaban J connectivity index is 1.41. The molecule has 0 spiro atoms. The Morgan fingerprint density at radius 2 is 1.77 bits per heavy atom. The summed E-state index contributed by atoms with van der Waals surface area (Å²) in [6.45, 7) is 4.54. The summed E-state index contributed by atoms with van der Waals surface area (Å²) in [5, 5.41) is 0. The fourth-order valence-corrected chi connectivity index (χ4v) is 4.30. The van der Waals surface area contributed by atoms with Crippen LogP contribution < -0.4 is 9.80 Å². The fraction of sp³-hybridized carbons (Fsp3) is 0.400. The lowest BCUT2D eigenvalue weighted by Gasteiger charge is -2.40. The predicted octanol–water partition coefficient (Wildman–Crippen LogP) is 4.10. The van der Waals surface area contributed by atoms with Gasteiger partial charge in [-0.05, 0) is 74.5 Å². The number of aryl methyl sites for hydroxylation is 1. The monoisotopic (exact) mass is 422 g/mol. The molecule has 2 aromatic carbocycles. The molecule has 0 aliphatic carbocycles. The van der Waals surface area contributed by atoms with Crippen LogP contribution in [0.2, 0.25) is 0 Å². The third-order valence-corrected chi connectivity index (χ3v) is 5.98. The molecule has 0 atom stereocenters. The van der Waals surface area contributed by atoms with Gasteiger partial charge < -0.3 is 14.7 Å². The van der Waals surface area contributed by atoms with E-state index in [2.05, 4.69) is 54.2 Å². The summed E-state index contributed by atoms with van der Waals surface area (Å²) in [5.74, 6) is -0.224. The Kier molecular flexibility index (Phi) is 6.56. The van der Waals surface area contributed by atoms with Crippen LogP contribution >= 0.6 is 0 Å². The molecule has 4 rings (SSSR count). The minimum absolute atomic E-state index is 0.0932. The molecule has 2 heterocycles. The molecule has 0 unspecified atom stereocenters. The van der Waals surface area contributed by atoms with E-state index >= 15 is 0 Å². The van der Waals surface area contributed by atoms with Crippen molar-refractivity contribution in [3.63, 3.8) is 0 Å². The van der Waals surface area contributed by atoms with Crippen LogP contribution in [0, 0.1) is 5.82 Å². The van der Waals surface area contributed by atoms with Crippen molar-refractivity contribution >= 4 is 23.5 Å². The van der Waals surface area contributed by atoms with Crippen LogP contribution in [0.4, 0.5) is 20.6 Å². The first-order valence-corrected chi connectivity index (χ1v) is 11.0. The number of amides is 2. The van der Waals surface area contributed by atoms with Crippen molar-refractivity contribution in [3.8, 4) is 0 Å². The maximum Gasteiger partial charge on any atom is 0.324 e. The van der Waals surface area contributed by atoms with Gasteiger partial charge >= 0.3 is 6.03 Å². The average molecular weight is 423 g/mol. The number of hydrogen-bond acceptors (Lipinski definition) is 3. The first-order chi connectivity index (χ1) is 15.0. The topological polar surface area (TPSA) is 30.0 Å². The van der Waals surface area contributed by atoms with E-state index in [1.165, 1.54) is 23.3 Å². The molecule has 0 aromatic heterocycles. The summed E-state index contributed by atoms with van der Waals surface area (Å²) in [5.41, 5.74) is 4.48. The summed E-state index contributed by atoms with van der Waals surface area (Å²) in [4.78, 5) is 21.5. The van der Waals surface area contributed by atoms with E-state index in [1.54, 1.807) is 12.1 Å². The lowest BCUT2D eigenvalue weighted by molar-refractivity contribution is 0.200. The third kappa shape index (κ3) is 5.07. The fourth-order valence-electron chi connectivity index (χ4n) is 4.30. The second kappa shape index (κ2) is 9.52. The maximum atomic E-state index is 13.3. The number of piperazine rings is 1. The average Bonchev–Trinajstić information content (AvgIpc) is 2.78. The Morgan fingerprint density at radius 1 is 1.03 bits per heavy atom. The third-order valence-electron chi connectivity index (χ3n) is 5.98. The number of fused-ring (bicyclic) bond motifs is 1. The smallest absolute Gasteiger partial charge is 0.324 e. The number of anilines is 2. The highest BCUT2D eigenvalue weighted by molar-refractivity contribution is 5.93. The second-order valence-corrected chi connectivity index (χ2v) is 8.54. The molecule has 2 aliphatic heterocycles. The van der Waals surface area contributed by atoms with Crippen LogP contribution in [-0.2, 0) is 6.42 Å². The van der Waals surface area contributed by atoms with Gasteiger partial charge in [-0.2, -0.15) is 0 Å². The van der Waals surface area contributed by atoms with E-state index in [9.17, 15) is 9.18 Å². The predicted molar refractivity (Wildman–Crippen MR) is 125 cm³/mol. The summed E-state index contributed by atoms with van der Waals surface area (Å²) in [6.07, 6.45) is 6.30. The molecule has 1 saturated heterocycles. The van der Waals surface area contributed by atoms with Crippen LogP contribution in [0.3, 0.4) is 0 Å². The molecule has 0 radical (unpaired) electrons. The Labute approximate surface area is 184 Å². The zero-order chi connectivity index (χ0) is 21.8. The number of likely N-dealkylation sites (N-methyl/N-ethyl adjacent to an activating group) is 1. The zero-order valence-corrected chi connectivity index (χ0v) is 18.4. The van der Waals surface area contributed by atoms with Crippen LogP contribution in [-0.4, -0.2) is 69.2 Å². The van der Waals surface area contributed by atoms with Gasteiger partial charge in [0, 0.05) is 50.6 Å². The molecule has 0 saturated carbocycles. The largest absolute Gasteiger partial charge is 0.368 e. The number of hydrogen-bond donors (Lipinski definition) is 0. The van der Waals surface area contributed by atoms with Crippen molar-refractivity contribution in [2.75, 3.05) is 63.2 Å². The van der Waals surface area contributed by atoms with Crippen molar-refractivity contribution in [3.05, 3.63) is 65.5 Å². The molecule has 0 N–H and O–H groups in total. The molecule has 5 nitrogen and oxygen atoms in total.